The summed E-state index contributed by atoms with van der Waals surface area (Å²) >= 11 is 6.02. The maximum atomic E-state index is 12.6. The van der Waals surface area contributed by atoms with Crippen LogP contribution in [0.4, 0.5) is 0 Å². The molecule has 0 spiro atoms. The number of halogens is 1. The van der Waals surface area contributed by atoms with Crippen molar-refractivity contribution in [1.82, 2.24) is 4.90 Å². The summed E-state index contributed by atoms with van der Waals surface area (Å²) in [6, 6.07) is 5.35. The van der Waals surface area contributed by atoms with Crippen LogP contribution in [0.5, 0.6) is 0 Å². The summed E-state index contributed by atoms with van der Waals surface area (Å²) in [6.07, 6.45) is 8.21. The van der Waals surface area contributed by atoms with E-state index in [1.807, 2.05) is 25.4 Å². The summed E-state index contributed by atoms with van der Waals surface area (Å²) in [4.78, 5) is 18.5. The Morgan fingerprint density at radius 1 is 1.46 bits per heavy atom. The minimum atomic E-state index is -0.520. The molecular formula is C19H21ClN2O2. The highest BCUT2D eigenvalue weighted by Gasteiger charge is 2.28. The standard InChI is InChI=1S/C19H21ClN2O2/c1-2-8-21-10-17-13(4-3-5-18(17)23)11-22-12-14-9-15(20)6-7-16(14)19(22)24/h6-11,18,23H,2-5,12H2,1H3/b13-11+,17-10+,21-8?. The molecule has 1 fully saturated rings. The van der Waals surface area contributed by atoms with E-state index in [2.05, 4.69) is 4.99 Å². The predicted octanol–water partition coefficient (Wildman–Crippen LogP) is 4.09. The number of rotatable bonds is 3. The Hall–Kier alpha value is -1.91. The van der Waals surface area contributed by atoms with Gasteiger partial charge in [0.1, 0.15) is 0 Å². The molecule has 5 heteroatoms. The fourth-order valence-corrected chi connectivity index (χ4v) is 3.35. The van der Waals surface area contributed by atoms with Crippen LogP contribution >= 0.6 is 11.6 Å². The van der Waals surface area contributed by atoms with Crippen molar-refractivity contribution in [3.05, 3.63) is 57.9 Å². The largest absolute Gasteiger partial charge is 0.388 e. The topological polar surface area (TPSA) is 52.9 Å². The van der Waals surface area contributed by atoms with E-state index < -0.39 is 6.10 Å². The zero-order valence-electron chi connectivity index (χ0n) is 13.7. The minimum Gasteiger partial charge on any atom is -0.388 e. The Bertz CT molecular complexity index is 737. The lowest BCUT2D eigenvalue weighted by atomic mass is 9.88. The lowest BCUT2D eigenvalue weighted by Crippen LogP contribution is -2.22. The third-order valence-electron chi connectivity index (χ3n) is 4.37. The van der Waals surface area contributed by atoms with Gasteiger partial charge in [-0.25, -0.2) is 0 Å². The first-order chi connectivity index (χ1) is 11.6. The number of aliphatic imine (C=N–C) groups is 1. The second-order valence-corrected chi connectivity index (χ2v) is 6.56. The Labute approximate surface area is 147 Å². The quantitative estimate of drug-likeness (QED) is 0.840. The molecule has 0 bridgehead atoms. The zero-order valence-corrected chi connectivity index (χ0v) is 14.5. The van der Waals surface area contributed by atoms with Crippen LogP contribution < -0.4 is 0 Å². The lowest BCUT2D eigenvalue weighted by molar-refractivity contribution is 0.0840. The number of amides is 1. The van der Waals surface area contributed by atoms with Gasteiger partial charge in [-0.2, -0.15) is 0 Å². The average molecular weight is 345 g/mol. The summed E-state index contributed by atoms with van der Waals surface area (Å²) in [5, 5.41) is 10.9. The molecule has 1 N–H and O–H groups in total. The highest BCUT2D eigenvalue weighted by atomic mass is 35.5. The Kier molecular flexibility index (Phi) is 5.17. The number of benzene rings is 1. The van der Waals surface area contributed by atoms with Crippen molar-refractivity contribution in [3.8, 4) is 0 Å². The van der Waals surface area contributed by atoms with E-state index in [4.69, 9.17) is 11.6 Å². The van der Waals surface area contributed by atoms with E-state index in [-0.39, 0.29) is 5.91 Å². The molecule has 1 aliphatic heterocycles. The third kappa shape index (κ3) is 3.45. The third-order valence-corrected chi connectivity index (χ3v) is 4.60. The summed E-state index contributed by atoms with van der Waals surface area (Å²) in [7, 11) is 0. The molecule has 1 unspecified atom stereocenters. The van der Waals surface area contributed by atoms with Gasteiger partial charge in [-0.15, -0.1) is 0 Å². The smallest absolute Gasteiger partial charge is 0.258 e. The summed E-state index contributed by atoms with van der Waals surface area (Å²) in [5.41, 5.74) is 3.43. The van der Waals surface area contributed by atoms with Gasteiger partial charge in [0.15, 0.2) is 0 Å². The second kappa shape index (κ2) is 7.32. The van der Waals surface area contributed by atoms with Crippen LogP contribution in [0.2, 0.25) is 5.02 Å². The lowest BCUT2D eigenvalue weighted by Gasteiger charge is -2.25. The summed E-state index contributed by atoms with van der Waals surface area (Å²) < 4.78 is 0. The molecule has 1 aliphatic carbocycles. The highest BCUT2D eigenvalue weighted by molar-refractivity contribution is 6.30. The minimum absolute atomic E-state index is 0.0226. The van der Waals surface area contributed by atoms with Crippen LogP contribution in [0.15, 0.2) is 46.7 Å². The van der Waals surface area contributed by atoms with Gasteiger partial charge in [0.2, 0.25) is 0 Å². The maximum Gasteiger partial charge on any atom is 0.258 e. The second-order valence-electron chi connectivity index (χ2n) is 6.12. The predicted molar refractivity (Wildman–Crippen MR) is 96.1 cm³/mol. The zero-order chi connectivity index (χ0) is 17.1. The van der Waals surface area contributed by atoms with Crippen molar-refractivity contribution < 1.29 is 9.90 Å². The highest BCUT2D eigenvalue weighted by Crippen LogP contribution is 2.32. The molecule has 0 radical (unpaired) electrons. The van der Waals surface area contributed by atoms with Crippen LogP contribution in [-0.4, -0.2) is 28.2 Å². The van der Waals surface area contributed by atoms with Crippen LogP contribution in [0.3, 0.4) is 0 Å². The van der Waals surface area contributed by atoms with E-state index in [0.29, 0.717) is 17.1 Å². The number of aliphatic hydroxyl groups excluding tert-OH is 1. The van der Waals surface area contributed by atoms with Crippen molar-refractivity contribution in [1.29, 1.82) is 0 Å². The van der Waals surface area contributed by atoms with Crippen molar-refractivity contribution >= 4 is 23.7 Å². The normalized spacial score (nSPS) is 24.4. The van der Waals surface area contributed by atoms with Gasteiger partial charge in [-0.1, -0.05) is 18.5 Å². The Morgan fingerprint density at radius 3 is 3.08 bits per heavy atom. The Morgan fingerprint density at radius 2 is 2.29 bits per heavy atom. The van der Waals surface area contributed by atoms with Gasteiger partial charge in [-0.05, 0) is 55.0 Å². The number of aliphatic hydroxyl groups is 1. The SMILES string of the molecule is CCC=N/C=C1\C(=C\N2Cc3cc(Cl)ccc3C2=O)CCCC1O. The maximum absolute atomic E-state index is 12.6. The number of hydrogen-bond donors (Lipinski definition) is 1. The fourth-order valence-electron chi connectivity index (χ4n) is 3.15. The van der Waals surface area contributed by atoms with Gasteiger partial charge in [0.25, 0.3) is 5.91 Å². The van der Waals surface area contributed by atoms with E-state index in [9.17, 15) is 9.90 Å². The van der Waals surface area contributed by atoms with Crippen LogP contribution in [0.1, 0.15) is 48.5 Å². The first-order valence-electron chi connectivity index (χ1n) is 8.30. The Balaban J connectivity index is 1.88. The number of nitrogens with zero attached hydrogens (tertiary/aromatic N) is 2. The van der Waals surface area contributed by atoms with Crippen molar-refractivity contribution in [2.75, 3.05) is 0 Å². The molecule has 0 aromatic heterocycles. The monoisotopic (exact) mass is 344 g/mol. The molecule has 1 saturated carbocycles. The first-order valence-corrected chi connectivity index (χ1v) is 8.68. The van der Waals surface area contributed by atoms with E-state index in [1.54, 1.807) is 23.2 Å². The van der Waals surface area contributed by atoms with Crippen molar-refractivity contribution in [3.63, 3.8) is 0 Å². The average Bonchev–Trinajstić information content (AvgIpc) is 2.85. The first kappa shape index (κ1) is 16.9. The van der Waals surface area contributed by atoms with E-state index in [1.165, 1.54) is 0 Å². The fraction of sp³-hybridized carbons (Fsp3) is 0.368. The molecule has 1 amide bonds. The van der Waals surface area contributed by atoms with Gasteiger partial charge < -0.3 is 10.0 Å². The van der Waals surface area contributed by atoms with Gasteiger partial charge in [0.05, 0.1) is 12.6 Å². The molecule has 1 atom stereocenters. The molecule has 24 heavy (non-hydrogen) atoms. The van der Waals surface area contributed by atoms with Gasteiger partial charge in [-0.3, -0.25) is 9.79 Å². The molecule has 1 heterocycles. The van der Waals surface area contributed by atoms with E-state index in [0.717, 1.165) is 42.4 Å². The summed E-state index contributed by atoms with van der Waals surface area (Å²) in [6.45, 7) is 2.53. The number of hydrogen-bond acceptors (Lipinski definition) is 3. The van der Waals surface area contributed by atoms with Crippen LogP contribution in [0.25, 0.3) is 0 Å². The molecule has 3 rings (SSSR count). The molecule has 0 saturated heterocycles. The molecule has 4 nitrogen and oxygen atoms in total. The van der Waals surface area contributed by atoms with Gasteiger partial charge in [0, 0.05) is 34.8 Å². The van der Waals surface area contributed by atoms with Crippen molar-refractivity contribution in [2.24, 2.45) is 4.99 Å². The van der Waals surface area contributed by atoms with Crippen LogP contribution in [0, 0.1) is 0 Å². The molecular weight excluding hydrogens is 324 g/mol. The number of carbonyl (C=O) groups is 1. The van der Waals surface area contributed by atoms with Gasteiger partial charge >= 0.3 is 0 Å². The summed E-state index contributed by atoms with van der Waals surface area (Å²) in [5.74, 6) is -0.0226. The molecule has 1 aromatic carbocycles. The molecule has 126 valence electrons. The molecule has 1 aromatic rings. The van der Waals surface area contributed by atoms with E-state index >= 15 is 0 Å². The molecule has 2 aliphatic rings. The van der Waals surface area contributed by atoms with Crippen LogP contribution in [-0.2, 0) is 6.54 Å². The number of fused-ring (bicyclic) bond motifs is 1. The number of carbonyl (C=O) groups excluding carboxylic acids is 1. The van der Waals surface area contributed by atoms with Crippen molar-refractivity contribution in [2.45, 2.75) is 45.3 Å².